The van der Waals surface area contributed by atoms with E-state index in [1.54, 1.807) is 23.3 Å². The van der Waals surface area contributed by atoms with E-state index in [1.807, 2.05) is 24.3 Å². The van der Waals surface area contributed by atoms with E-state index in [0.717, 1.165) is 24.3 Å². The van der Waals surface area contributed by atoms with Crippen molar-refractivity contribution in [3.05, 3.63) is 43.0 Å². The minimum absolute atomic E-state index is 0.150. The van der Waals surface area contributed by atoms with Crippen molar-refractivity contribution < 1.29 is 5.11 Å². The average Bonchev–Trinajstić information content (AvgIpc) is 3.37. The highest BCUT2D eigenvalue weighted by molar-refractivity contribution is 5.69. The van der Waals surface area contributed by atoms with E-state index in [4.69, 9.17) is 0 Å². The Morgan fingerprint density at radius 1 is 1.04 bits per heavy atom. The molecule has 144 valence electrons. The van der Waals surface area contributed by atoms with Gasteiger partial charge in [-0.3, -0.25) is 4.57 Å². The first-order valence-corrected chi connectivity index (χ1v) is 9.68. The second-order valence-corrected chi connectivity index (χ2v) is 7.72. The van der Waals surface area contributed by atoms with Gasteiger partial charge in [0.05, 0.1) is 11.4 Å². The molecule has 2 fully saturated rings. The minimum Gasteiger partial charge on any atom is -0.507 e. The SMILES string of the molecule is CN(c1ccc(-c2ccc(-n3cnnc3)cc2O)nn1)C1C[C@H]2CC[C@@H](C1)N2. The Labute approximate surface area is 163 Å². The van der Waals surface area contributed by atoms with Crippen LogP contribution in [-0.2, 0) is 0 Å². The maximum Gasteiger partial charge on any atom is 0.151 e. The van der Waals surface area contributed by atoms with Gasteiger partial charge in [-0.1, -0.05) is 0 Å². The van der Waals surface area contributed by atoms with Crippen molar-refractivity contribution in [3.63, 3.8) is 0 Å². The highest BCUT2D eigenvalue weighted by atomic mass is 16.3. The zero-order valence-electron chi connectivity index (χ0n) is 15.7. The van der Waals surface area contributed by atoms with Crippen LogP contribution in [0.2, 0.25) is 0 Å². The number of aromatic nitrogens is 5. The lowest BCUT2D eigenvalue weighted by molar-refractivity contribution is 0.353. The highest BCUT2D eigenvalue weighted by Gasteiger charge is 2.35. The maximum absolute atomic E-state index is 10.5. The number of piperidine rings is 1. The van der Waals surface area contributed by atoms with Crippen molar-refractivity contribution in [3.8, 4) is 22.7 Å². The number of benzene rings is 1. The molecule has 0 radical (unpaired) electrons. The number of hydrogen-bond donors (Lipinski definition) is 2. The van der Waals surface area contributed by atoms with Gasteiger partial charge in [0.25, 0.3) is 0 Å². The smallest absolute Gasteiger partial charge is 0.151 e. The summed E-state index contributed by atoms with van der Waals surface area (Å²) in [5.41, 5.74) is 2.09. The van der Waals surface area contributed by atoms with Crippen molar-refractivity contribution in [2.45, 2.75) is 43.8 Å². The van der Waals surface area contributed by atoms with Crippen LogP contribution >= 0.6 is 0 Å². The van der Waals surface area contributed by atoms with E-state index >= 15 is 0 Å². The van der Waals surface area contributed by atoms with Gasteiger partial charge < -0.3 is 15.3 Å². The lowest BCUT2D eigenvalue weighted by Crippen LogP contribution is -2.47. The van der Waals surface area contributed by atoms with E-state index in [0.29, 0.717) is 29.4 Å². The molecule has 28 heavy (non-hydrogen) atoms. The van der Waals surface area contributed by atoms with E-state index in [9.17, 15) is 5.11 Å². The number of anilines is 1. The lowest BCUT2D eigenvalue weighted by Gasteiger charge is -2.36. The molecule has 0 aliphatic carbocycles. The Kier molecular flexibility index (Phi) is 4.20. The summed E-state index contributed by atoms with van der Waals surface area (Å²) >= 11 is 0. The molecule has 3 aromatic rings. The number of fused-ring (bicyclic) bond motifs is 2. The second-order valence-electron chi connectivity index (χ2n) is 7.72. The summed E-state index contributed by atoms with van der Waals surface area (Å²) in [5.74, 6) is 1.02. The van der Waals surface area contributed by atoms with Crippen LogP contribution < -0.4 is 10.2 Å². The molecule has 0 amide bonds. The summed E-state index contributed by atoms with van der Waals surface area (Å²) < 4.78 is 1.74. The molecule has 3 atom stereocenters. The molecule has 2 aliphatic rings. The number of nitrogens with one attached hydrogen (secondary N) is 1. The van der Waals surface area contributed by atoms with Crippen molar-refractivity contribution >= 4 is 5.82 Å². The molecule has 2 aromatic heterocycles. The molecule has 2 aliphatic heterocycles. The third-order valence-electron chi connectivity index (χ3n) is 5.98. The maximum atomic E-state index is 10.5. The van der Waals surface area contributed by atoms with Crippen molar-refractivity contribution in [1.29, 1.82) is 0 Å². The fourth-order valence-electron chi connectivity index (χ4n) is 4.42. The molecule has 5 rings (SSSR count). The quantitative estimate of drug-likeness (QED) is 0.720. The van der Waals surface area contributed by atoms with Gasteiger partial charge in [0.15, 0.2) is 5.82 Å². The molecule has 8 heteroatoms. The van der Waals surface area contributed by atoms with Crippen LogP contribution in [0.5, 0.6) is 5.75 Å². The van der Waals surface area contributed by atoms with Crippen molar-refractivity contribution in [2.75, 3.05) is 11.9 Å². The summed E-state index contributed by atoms with van der Waals surface area (Å²) in [7, 11) is 2.10. The molecule has 1 unspecified atom stereocenters. The molecular formula is C20H23N7O. The van der Waals surface area contributed by atoms with Gasteiger partial charge in [0, 0.05) is 36.8 Å². The molecule has 1 aromatic carbocycles. The van der Waals surface area contributed by atoms with Gasteiger partial charge in [-0.15, -0.1) is 20.4 Å². The summed E-state index contributed by atoms with van der Waals surface area (Å²) in [6.07, 6.45) is 8.05. The molecule has 2 saturated heterocycles. The number of nitrogens with zero attached hydrogens (tertiary/aromatic N) is 6. The Morgan fingerprint density at radius 2 is 1.79 bits per heavy atom. The third kappa shape index (κ3) is 3.09. The molecule has 4 heterocycles. The van der Waals surface area contributed by atoms with Crippen molar-refractivity contribution in [2.24, 2.45) is 0 Å². The summed E-state index contributed by atoms with van der Waals surface area (Å²) in [4.78, 5) is 2.25. The molecular weight excluding hydrogens is 354 g/mol. The Balaban J connectivity index is 1.35. The number of phenols is 1. The second kappa shape index (κ2) is 6.87. The number of aromatic hydroxyl groups is 1. The van der Waals surface area contributed by atoms with Crippen LogP contribution in [0.3, 0.4) is 0 Å². The van der Waals surface area contributed by atoms with Crippen LogP contribution in [0.25, 0.3) is 16.9 Å². The van der Waals surface area contributed by atoms with E-state index in [1.165, 1.54) is 12.8 Å². The normalized spacial score (nSPS) is 23.7. The van der Waals surface area contributed by atoms with Crippen LogP contribution in [0, 0.1) is 0 Å². The summed E-state index contributed by atoms with van der Waals surface area (Å²) in [6.45, 7) is 0. The first-order valence-electron chi connectivity index (χ1n) is 9.68. The zero-order chi connectivity index (χ0) is 19.1. The van der Waals surface area contributed by atoms with Crippen LogP contribution in [-0.4, -0.2) is 55.2 Å². The predicted molar refractivity (Wildman–Crippen MR) is 105 cm³/mol. The lowest BCUT2D eigenvalue weighted by atomic mass is 9.98. The number of phenolic OH excluding ortho intramolecular Hbond substituents is 1. The van der Waals surface area contributed by atoms with Gasteiger partial charge in [0.2, 0.25) is 0 Å². The van der Waals surface area contributed by atoms with Crippen LogP contribution in [0.1, 0.15) is 25.7 Å². The van der Waals surface area contributed by atoms with E-state index in [2.05, 4.69) is 37.7 Å². The number of hydrogen-bond acceptors (Lipinski definition) is 7. The van der Waals surface area contributed by atoms with Crippen LogP contribution in [0.4, 0.5) is 5.82 Å². The van der Waals surface area contributed by atoms with Gasteiger partial charge in [-0.25, -0.2) is 0 Å². The highest BCUT2D eigenvalue weighted by Crippen LogP contribution is 2.32. The Morgan fingerprint density at radius 3 is 2.43 bits per heavy atom. The van der Waals surface area contributed by atoms with E-state index in [-0.39, 0.29) is 5.75 Å². The van der Waals surface area contributed by atoms with Gasteiger partial charge >= 0.3 is 0 Å². The Bertz CT molecular complexity index is 945. The number of rotatable bonds is 4. The van der Waals surface area contributed by atoms with Crippen molar-refractivity contribution in [1.82, 2.24) is 30.3 Å². The molecule has 0 spiro atoms. The van der Waals surface area contributed by atoms with Crippen LogP contribution in [0.15, 0.2) is 43.0 Å². The standard InChI is InChI=1S/C20H23N7O/c1-26(16-8-13-2-3-14(9-16)23-13)20-7-6-18(24-25-20)17-5-4-15(10-19(17)28)27-11-21-22-12-27/h4-7,10-14,16,23,28H,2-3,8-9H2,1H3/t13-,14+,16?. The first-order chi connectivity index (χ1) is 13.7. The molecule has 8 nitrogen and oxygen atoms in total. The molecule has 0 saturated carbocycles. The third-order valence-corrected chi connectivity index (χ3v) is 5.98. The fraction of sp³-hybridized carbons (Fsp3) is 0.400. The van der Waals surface area contributed by atoms with Gasteiger partial charge in [-0.05, 0) is 49.9 Å². The first kappa shape index (κ1) is 17.1. The molecule has 2 bridgehead atoms. The van der Waals surface area contributed by atoms with Gasteiger partial charge in [0.1, 0.15) is 18.4 Å². The summed E-state index contributed by atoms with van der Waals surface area (Å²) in [5, 5.41) is 30.5. The van der Waals surface area contributed by atoms with Gasteiger partial charge in [-0.2, -0.15) is 0 Å². The van der Waals surface area contributed by atoms with E-state index < -0.39 is 0 Å². The monoisotopic (exact) mass is 377 g/mol. The predicted octanol–water partition coefficient (Wildman–Crippen LogP) is 2.15. The molecule has 2 N–H and O–H groups in total. The Hall–Kier alpha value is -3.00. The largest absolute Gasteiger partial charge is 0.507 e. The minimum atomic E-state index is 0.150. The zero-order valence-corrected chi connectivity index (χ0v) is 15.7. The fourth-order valence-corrected chi connectivity index (χ4v) is 4.42. The summed E-state index contributed by atoms with van der Waals surface area (Å²) in [6, 6.07) is 11.1. The average molecular weight is 377 g/mol. The topological polar surface area (TPSA) is 92.0 Å².